The van der Waals surface area contributed by atoms with E-state index in [2.05, 4.69) is 5.32 Å². The molecule has 1 aliphatic heterocycles. The molecule has 0 aromatic heterocycles. The third-order valence-corrected chi connectivity index (χ3v) is 3.28. The normalized spacial score (nSPS) is 20.4. The molecular weight excluding hydrogens is 269 g/mol. The summed E-state index contributed by atoms with van der Waals surface area (Å²) in [7, 11) is 1.81. The van der Waals surface area contributed by atoms with E-state index in [9.17, 15) is 13.2 Å². The zero-order valence-electron chi connectivity index (χ0n) is 11.4. The van der Waals surface area contributed by atoms with Crippen molar-refractivity contribution < 1.29 is 17.9 Å². The molecule has 112 valence electrons. The van der Waals surface area contributed by atoms with Crippen LogP contribution in [0.15, 0.2) is 24.3 Å². The Morgan fingerprint density at radius 1 is 1.35 bits per heavy atom. The van der Waals surface area contributed by atoms with Crippen molar-refractivity contribution >= 4 is 0 Å². The summed E-state index contributed by atoms with van der Waals surface area (Å²) in [5, 5.41) is 3.21. The molecule has 1 aromatic carbocycles. The molecule has 0 spiro atoms. The van der Waals surface area contributed by atoms with Crippen LogP contribution in [-0.2, 0) is 17.5 Å². The molecule has 1 aromatic rings. The molecule has 2 rings (SSSR count). The van der Waals surface area contributed by atoms with Gasteiger partial charge in [0.05, 0.1) is 18.3 Å². The van der Waals surface area contributed by atoms with Crippen LogP contribution in [0.25, 0.3) is 0 Å². The fraction of sp³-hybridized carbons (Fsp3) is 0.571. The Labute approximate surface area is 116 Å². The van der Waals surface area contributed by atoms with E-state index in [1.54, 1.807) is 6.07 Å². The summed E-state index contributed by atoms with van der Waals surface area (Å²) < 4.78 is 44.3. The first-order valence-electron chi connectivity index (χ1n) is 6.63. The zero-order valence-corrected chi connectivity index (χ0v) is 11.4. The van der Waals surface area contributed by atoms with Crippen molar-refractivity contribution in [2.24, 2.45) is 0 Å². The fourth-order valence-corrected chi connectivity index (χ4v) is 2.37. The first kappa shape index (κ1) is 15.3. The van der Waals surface area contributed by atoms with E-state index in [4.69, 9.17) is 4.74 Å². The number of nitrogens with zero attached hydrogens (tertiary/aromatic N) is 1. The Hall–Kier alpha value is -1.11. The van der Waals surface area contributed by atoms with Gasteiger partial charge in [0, 0.05) is 26.2 Å². The Balaban J connectivity index is 1.98. The van der Waals surface area contributed by atoms with Gasteiger partial charge < -0.3 is 10.1 Å². The standard InChI is InChI=1S/C14H19F3N2O/c1-19(10-12-8-18-6-7-20-12)9-11-4-2-3-5-13(11)14(15,16)17/h2-5,12,18H,6-10H2,1H3. The summed E-state index contributed by atoms with van der Waals surface area (Å²) in [6.45, 7) is 3.09. The van der Waals surface area contributed by atoms with E-state index < -0.39 is 11.7 Å². The van der Waals surface area contributed by atoms with Gasteiger partial charge in [-0.2, -0.15) is 13.2 Å². The molecule has 0 aliphatic carbocycles. The smallest absolute Gasteiger partial charge is 0.374 e. The van der Waals surface area contributed by atoms with Crippen LogP contribution < -0.4 is 5.32 Å². The van der Waals surface area contributed by atoms with E-state index in [1.807, 2.05) is 11.9 Å². The monoisotopic (exact) mass is 288 g/mol. The first-order valence-corrected chi connectivity index (χ1v) is 6.63. The molecule has 3 nitrogen and oxygen atoms in total. The third kappa shape index (κ3) is 4.19. The van der Waals surface area contributed by atoms with E-state index in [1.165, 1.54) is 12.1 Å². The number of benzene rings is 1. The summed E-state index contributed by atoms with van der Waals surface area (Å²) >= 11 is 0. The van der Waals surface area contributed by atoms with Gasteiger partial charge in [-0.05, 0) is 18.7 Å². The van der Waals surface area contributed by atoms with Gasteiger partial charge in [0.1, 0.15) is 0 Å². The number of likely N-dealkylation sites (N-methyl/N-ethyl adjacent to an activating group) is 1. The average Bonchev–Trinajstić information content (AvgIpc) is 2.39. The van der Waals surface area contributed by atoms with Crippen LogP contribution in [0.4, 0.5) is 13.2 Å². The third-order valence-electron chi connectivity index (χ3n) is 3.28. The minimum absolute atomic E-state index is 0.0341. The highest BCUT2D eigenvalue weighted by Crippen LogP contribution is 2.32. The Bertz CT molecular complexity index is 431. The lowest BCUT2D eigenvalue weighted by Crippen LogP contribution is -2.44. The quantitative estimate of drug-likeness (QED) is 0.918. The molecule has 0 radical (unpaired) electrons. The lowest BCUT2D eigenvalue weighted by atomic mass is 10.1. The number of rotatable bonds is 4. The highest BCUT2D eigenvalue weighted by atomic mass is 19.4. The largest absolute Gasteiger partial charge is 0.416 e. The number of ether oxygens (including phenoxy) is 1. The Morgan fingerprint density at radius 3 is 2.75 bits per heavy atom. The van der Waals surface area contributed by atoms with Crippen LogP contribution in [0.3, 0.4) is 0 Å². The Kier molecular flexibility index (Phi) is 5.01. The molecule has 1 N–H and O–H groups in total. The number of hydrogen-bond donors (Lipinski definition) is 1. The fourth-order valence-electron chi connectivity index (χ4n) is 2.37. The lowest BCUT2D eigenvalue weighted by Gasteiger charge is -2.28. The molecule has 1 aliphatic rings. The lowest BCUT2D eigenvalue weighted by molar-refractivity contribution is -0.138. The highest BCUT2D eigenvalue weighted by molar-refractivity contribution is 5.29. The number of morpholine rings is 1. The second-order valence-electron chi connectivity index (χ2n) is 5.05. The van der Waals surface area contributed by atoms with E-state index >= 15 is 0 Å². The van der Waals surface area contributed by atoms with Crippen LogP contribution in [0.2, 0.25) is 0 Å². The van der Waals surface area contributed by atoms with Crippen molar-refractivity contribution in [3.05, 3.63) is 35.4 Å². The Morgan fingerprint density at radius 2 is 2.10 bits per heavy atom. The summed E-state index contributed by atoms with van der Waals surface area (Å²) in [4.78, 5) is 1.86. The number of halogens is 3. The molecule has 0 bridgehead atoms. The van der Waals surface area contributed by atoms with Gasteiger partial charge in [0.15, 0.2) is 0 Å². The van der Waals surface area contributed by atoms with Crippen molar-refractivity contribution in [1.29, 1.82) is 0 Å². The van der Waals surface area contributed by atoms with Crippen LogP contribution in [-0.4, -0.2) is 44.3 Å². The minimum Gasteiger partial charge on any atom is -0.374 e. The van der Waals surface area contributed by atoms with Crippen LogP contribution in [0.1, 0.15) is 11.1 Å². The zero-order chi connectivity index (χ0) is 14.6. The predicted octanol–water partition coefficient (Wildman–Crippen LogP) is 2.13. The molecular formula is C14H19F3N2O. The maximum atomic E-state index is 12.9. The summed E-state index contributed by atoms with van der Waals surface area (Å²) in [6.07, 6.45) is -4.27. The van der Waals surface area contributed by atoms with Crippen molar-refractivity contribution in [3.8, 4) is 0 Å². The number of nitrogens with one attached hydrogen (secondary N) is 1. The summed E-state index contributed by atoms with van der Waals surface area (Å²) in [5.41, 5.74) is -0.263. The molecule has 1 unspecified atom stereocenters. The van der Waals surface area contributed by atoms with Gasteiger partial charge in [-0.3, -0.25) is 4.90 Å². The van der Waals surface area contributed by atoms with Gasteiger partial charge in [0.25, 0.3) is 0 Å². The van der Waals surface area contributed by atoms with Gasteiger partial charge in [-0.1, -0.05) is 18.2 Å². The molecule has 6 heteroatoms. The number of alkyl halides is 3. The first-order chi connectivity index (χ1) is 9.47. The van der Waals surface area contributed by atoms with Crippen LogP contribution >= 0.6 is 0 Å². The second-order valence-corrected chi connectivity index (χ2v) is 5.05. The summed E-state index contributed by atoms with van der Waals surface area (Å²) in [5.74, 6) is 0. The number of hydrogen-bond acceptors (Lipinski definition) is 3. The van der Waals surface area contributed by atoms with Crippen molar-refractivity contribution in [2.45, 2.75) is 18.8 Å². The minimum atomic E-state index is -4.31. The summed E-state index contributed by atoms with van der Waals surface area (Å²) in [6, 6.07) is 5.71. The topological polar surface area (TPSA) is 24.5 Å². The van der Waals surface area contributed by atoms with Crippen molar-refractivity contribution in [3.63, 3.8) is 0 Å². The highest BCUT2D eigenvalue weighted by Gasteiger charge is 2.33. The van der Waals surface area contributed by atoms with E-state index in [0.29, 0.717) is 18.7 Å². The molecule has 0 saturated carbocycles. The van der Waals surface area contributed by atoms with Gasteiger partial charge in [-0.25, -0.2) is 0 Å². The van der Waals surface area contributed by atoms with Crippen LogP contribution in [0, 0.1) is 0 Å². The predicted molar refractivity (Wildman–Crippen MR) is 70.4 cm³/mol. The second kappa shape index (κ2) is 6.56. The molecule has 20 heavy (non-hydrogen) atoms. The van der Waals surface area contributed by atoms with E-state index in [-0.39, 0.29) is 12.6 Å². The van der Waals surface area contributed by atoms with Crippen molar-refractivity contribution in [1.82, 2.24) is 10.2 Å². The van der Waals surface area contributed by atoms with Gasteiger partial charge >= 0.3 is 6.18 Å². The van der Waals surface area contributed by atoms with Crippen molar-refractivity contribution in [2.75, 3.05) is 33.3 Å². The maximum absolute atomic E-state index is 12.9. The van der Waals surface area contributed by atoms with E-state index in [0.717, 1.165) is 19.2 Å². The average molecular weight is 288 g/mol. The molecule has 1 heterocycles. The maximum Gasteiger partial charge on any atom is 0.416 e. The SMILES string of the molecule is CN(Cc1ccccc1C(F)(F)F)CC1CNCCO1. The molecule has 1 fully saturated rings. The van der Waals surface area contributed by atoms with Gasteiger partial charge in [-0.15, -0.1) is 0 Å². The molecule has 0 amide bonds. The molecule has 1 atom stereocenters. The van der Waals surface area contributed by atoms with Gasteiger partial charge in [0.2, 0.25) is 0 Å². The van der Waals surface area contributed by atoms with Crippen LogP contribution in [0.5, 0.6) is 0 Å². The molecule has 1 saturated heterocycles.